The van der Waals surface area contributed by atoms with Crippen molar-refractivity contribution in [2.24, 2.45) is 0 Å². The van der Waals surface area contributed by atoms with Gasteiger partial charge in [0.1, 0.15) is 11.2 Å². The lowest BCUT2D eigenvalue weighted by Gasteiger charge is -2.22. The van der Waals surface area contributed by atoms with Gasteiger partial charge in [-0.15, -0.1) is 11.3 Å². The van der Waals surface area contributed by atoms with E-state index in [1.54, 1.807) is 0 Å². The summed E-state index contributed by atoms with van der Waals surface area (Å²) in [5, 5.41) is 7.52. The molecule has 3 heterocycles. The van der Waals surface area contributed by atoms with E-state index in [0.29, 0.717) is 0 Å². The molecule has 0 spiro atoms. The largest absolute Gasteiger partial charge is 0.455 e. The molecule has 3 heteroatoms. The highest BCUT2D eigenvalue weighted by molar-refractivity contribution is 7.26. The minimum Gasteiger partial charge on any atom is -0.455 e. The summed E-state index contributed by atoms with van der Waals surface area (Å²) in [4.78, 5) is 0. The predicted molar refractivity (Wildman–Crippen MR) is 229 cm³/mol. The minimum absolute atomic E-state index is 0.0987. The summed E-state index contributed by atoms with van der Waals surface area (Å²) in [5.74, 6) is 0. The molecule has 0 radical (unpaired) electrons. The summed E-state index contributed by atoms with van der Waals surface area (Å²) in [5.41, 5.74) is 15.6. The summed E-state index contributed by atoms with van der Waals surface area (Å²) < 4.78 is 11.6. The van der Waals surface area contributed by atoms with E-state index in [0.717, 1.165) is 38.8 Å². The van der Waals surface area contributed by atoms with Crippen LogP contribution in [0, 0.1) is 0 Å². The first kappa shape index (κ1) is 30.1. The molecule has 0 fully saturated rings. The van der Waals surface area contributed by atoms with Crippen LogP contribution in [0.5, 0.6) is 0 Å². The highest BCUT2D eigenvalue weighted by Gasteiger charge is 2.37. The van der Waals surface area contributed by atoms with Crippen molar-refractivity contribution in [1.82, 2.24) is 4.57 Å². The van der Waals surface area contributed by atoms with Crippen molar-refractivity contribution >= 4 is 75.3 Å². The third-order valence-corrected chi connectivity index (χ3v) is 13.2. The Balaban J connectivity index is 0.991. The SMILES string of the molecule is CC1(C)c2cc(-c3ccc4c5ccccc5n(-c5ccc(-c6cccc7c6oc6ccccc67)cc5)c4c3)ccc2-c2c1ccc1c2sc2ccccc21. The molecule has 0 N–H and O–H groups in total. The van der Waals surface area contributed by atoms with E-state index < -0.39 is 0 Å². The van der Waals surface area contributed by atoms with Gasteiger partial charge in [-0.1, -0.05) is 135 Å². The van der Waals surface area contributed by atoms with E-state index in [4.69, 9.17) is 4.42 Å². The number of furan rings is 1. The first-order chi connectivity index (χ1) is 26.5. The maximum atomic E-state index is 6.40. The van der Waals surface area contributed by atoms with Crippen molar-refractivity contribution in [3.8, 4) is 39.1 Å². The second-order valence-electron chi connectivity index (χ2n) is 15.3. The van der Waals surface area contributed by atoms with E-state index in [-0.39, 0.29) is 5.41 Å². The molecular weight excluding hydrogens is 675 g/mol. The topological polar surface area (TPSA) is 18.1 Å². The lowest BCUT2D eigenvalue weighted by molar-refractivity contribution is 0.661. The fourth-order valence-corrected chi connectivity index (χ4v) is 10.6. The Labute approximate surface area is 316 Å². The summed E-state index contributed by atoms with van der Waals surface area (Å²) in [6.07, 6.45) is 0. The van der Waals surface area contributed by atoms with Gasteiger partial charge in [-0.05, 0) is 75.8 Å². The van der Waals surface area contributed by atoms with Gasteiger partial charge in [0.15, 0.2) is 0 Å². The number of aromatic nitrogens is 1. The molecule has 11 aromatic rings. The van der Waals surface area contributed by atoms with Gasteiger partial charge in [0.25, 0.3) is 0 Å². The van der Waals surface area contributed by atoms with Crippen LogP contribution in [0.3, 0.4) is 0 Å². The maximum Gasteiger partial charge on any atom is 0.143 e. The third kappa shape index (κ3) is 4.05. The van der Waals surface area contributed by atoms with Crippen LogP contribution in [-0.2, 0) is 5.41 Å². The van der Waals surface area contributed by atoms with Gasteiger partial charge in [0.05, 0.1) is 11.0 Å². The van der Waals surface area contributed by atoms with Crippen molar-refractivity contribution in [3.05, 3.63) is 175 Å². The number of para-hydroxylation sites is 3. The normalized spacial score (nSPS) is 13.5. The van der Waals surface area contributed by atoms with Crippen molar-refractivity contribution in [2.75, 3.05) is 0 Å². The monoisotopic (exact) mass is 707 g/mol. The molecule has 0 aliphatic heterocycles. The summed E-state index contributed by atoms with van der Waals surface area (Å²) >= 11 is 1.93. The molecule has 0 saturated heterocycles. The zero-order valence-corrected chi connectivity index (χ0v) is 30.7. The fourth-order valence-electron chi connectivity index (χ4n) is 9.37. The molecule has 54 heavy (non-hydrogen) atoms. The molecule has 254 valence electrons. The van der Waals surface area contributed by atoms with Gasteiger partial charge >= 0.3 is 0 Å². The van der Waals surface area contributed by atoms with E-state index in [2.05, 4.69) is 170 Å². The molecule has 2 nitrogen and oxygen atoms in total. The molecule has 0 atom stereocenters. The molecule has 12 rings (SSSR count). The van der Waals surface area contributed by atoms with E-state index in [1.807, 2.05) is 23.5 Å². The van der Waals surface area contributed by atoms with Crippen LogP contribution in [0.2, 0.25) is 0 Å². The zero-order chi connectivity index (χ0) is 35.7. The van der Waals surface area contributed by atoms with Gasteiger partial charge in [-0.2, -0.15) is 0 Å². The Kier molecular flexibility index (Phi) is 6.03. The van der Waals surface area contributed by atoms with Gasteiger partial charge in [0.2, 0.25) is 0 Å². The number of thiophene rings is 1. The van der Waals surface area contributed by atoms with Crippen LogP contribution >= 0.6 is 11.3 Å². The Morgan fingerprint density at radius 1 is 0.481 bits per heavy atom. The maximum absolute atomic E-state index is 6.40. The molecule has 1 aliphatic carbocycles. The Morgan fingerprint density at radius 3 is 2.06 bits per heavy atom. The van der Waals surface area contributed by atoms with Crippen molar-refractivity contribution < 1.29 is 4.42 Å². The first-order valence-corrected chi connectivity index (χ1v) is 19.5. The summed E-state index contributed by atoms with van der Waals surface area (Å²) in [7, 11) is 0. The number of benzene rings is 8. The molecule has 0 amide bonds. The number of hydrogen-bond donors (Lipinski definition) is 0. The standard InChI is InChI=1S/C51H33NOS/c1-51(2)42-27-26-40-38-12-5-8-17-47(38)54-50(40)48(42)41-25-21-31(28-43(41)51)32-20-24-36-35-10-3-6-15-44(35)52(45(36)29-32)33-22-18-30(19-23-33)34-13-9-14-39-37-11-4-7-16-46(37)53-49(34)39/h3-29H,1-2H3. The third-order valence-electron chi connectivity index (χ3n) is 12.0. The summed E-state index contributed by atoms with van der Waals surface area (Å²) in [6.45, 7) is 4.78. The van der Waals surface area contributed by atoms with Gasteiger partial charge < -0.3 is 8.98 Å². The molecule has 0 unspecified atom stereocenters. The van der Waals surface area contributed by atoms with Crippen LogP contribution in [0.25, 0.3) is 103 Å². The minimum atomic E-state index is -0.0987. The smallest absolute Gasteiger partial charge is 0.143 e. The highest BCUT2D eigenvalue weighted by atomic mass is 32.1. The average Bonchev–Trinajstić information content (AvgIpc) is 3.94. The van der Waals surface area contributed by atoms with Crippen LogP contribution in [0.4, 0.5) is 0 Å². The number of hydrogen-bond acceptors (Lipinski definition) is 2. The fraction of sp³-hybridized carbons (Fsp3) is 0.0588. The first-order valence-electron chi connectivity index (χ1n) is 18.7. The number of rotatable bonds is 3. The van der Waals surface area contributed by atoms with E-state index in [9.17, 15) is 0 Å². The second-order valence-corrected chi connectivity index (χ2v) is 16.3. The van der Waals surface area contributed by atoms with Crippen LogP contribution < -0.4 is 0 Å². The van der Waals surface area contributed by atoms with Gasteiger partial charge in [-0.25, -0.2) is 0 Å². The number of nitrogens with zero attached hydrogens (tertiary/aromatic N) is 1. The van der Waals surface area contributed by atoms with Crippen molar-refractivity contribution in [1.29, 1.82) is 0 Å². The van der Waals surface area contributed by atoms with E-state index >= 15 is 0 Å². The molecule has 1 aliphatic rings. The molecule has 8 aromatic carbocycles. The zero-order valence-electron chi connectivity index (χ0n) is 29.9. The average molecular weight is 708 g/mol. The molecule has 3 aromatic heterocycles. The predicted octanol–water partition coefficient (Wildman–Crippen LogP) is 14.7. The lowest BCUT2D eigenvalue weighted by atomic mass is 9.81. The molecule has 0 saturated carbocycles. The highest BCUT2D eigenvalue weighted by Crippen LogP contribution is 2.54. The van der Waals surface area contributed by atoms with Gasteiger partial charge in [0, 0.05) is 63.9 Å². The van der Waals surface area contributed by atoms with Crippen LogP contribution in [-0.4, -0.2) is 4.57 Å². The van der Waals surface area contributed by atoms with E-state index in [1.165, 1.54) is 75.4 Å². The quantitative estimate of drug-likeness (QED) is 0.179. The Hall–Kier alpha value is -6.42. The Morgan fingerprint density at radius 2 is 1.17 bits per heavy atom. The molecule has 0 bridgehead atoms. The van der Waals surface area contributed by atoms with Crippen molar-refractivity contribution in [3.63, 3.8) is 0 Å². The van der Waals surface area contributed by atoms with Crippen molar-refractivity contribution in [2.45, 2.75) is 19.3 Å². The molecular formula is C51H33NOS. The van der Waals surface area contributed by atoms with Crippen LogP contribution in [0.1, 0.15) is 25.0 Å². The second kappa shape index (κ2) is 10.8. The summed E-state index contributed by atoms with van der Waals surface area (Å²) in [6, 6.07) is 60.2. The van der Waals surface area contributed by atoms with Crippen LogP contribution in [0.15, 0.2) is 168 Å². The number of fused-ring (bicyclic) bond motifs is 13. The lowest BCUT2D eigenvalue weighted by Crippen LogP contribution is -2.14. The van der Waals surface area contributed by atoms with Gasteiger partial charge in [-0.3, -0.25) is 0 Å². The Bertz CT molecular complexity index is 3350.